The Kier molecular flexibility index (Phi) is 2.73. The number of nitrogens with one attached hydrogen (secondary N) is 1. The highest BCUT2D eigenvalue weighted by Crippen LogP contribution is 2.44. The molecule has 1 aromatic rings. The summed E-state index contributed by atoms with van der Waals surface area (Å²) >= 11 is 0. The van der Waals surface area contributed by atoms with E-state index in [0.717, 1.165) is 6.42 Å². The second-order valence-electron chi connectivity index (χ2n) is 5.15. The fourth-order valence-electron chi connectivity index (χ4n) is 1.91. The summed E-state index contributed by atoms with van der Waals surface area (Å²) in [7, 11) is 1.52. The predicted molar refractivity (Wildman–Crippen MR) is 67.1 cm³/mol. The molecule has 0 radical (unpaired) electrons. The third-order valence-electron chi connectivity index (χ3n) is 3.31. The standard InChI is InChI=1S/C13H18N2O2/c1-13(2)7-10(13)15-12(16)8-5-4-6-9(14)11(8)17-3/h4-6,10H,7,14H2,1-3H3,(H,15,16). The summed E-state index contributed by atoms with van der Waals surface area (Å²) in [6.07, 6.45) is 1.02. The molecule has 4 nitrogen and oxygen atoms in total. The Bertz CT molecular complexity index is 455. The molecule has 3 N–H and O–H groups in total. The Hall–Kier alpha value is -1.71. The van der Waals surface area contributed by atoms with Crippen LogP contribution in [0.2, 0.25) is 0 Å². The number of nitrogens with two attached hydrogens (primary N) is 1. The van der Waals surface area contributed by atoms with Crippen LogP contribution in [0, 0.1) is 5.41 Å². The molecule has 92 valence electrons. The number of methoxy groups -OCH3 is 1. The van der Waals surface area contributed by atoms with Crippen LogP contribution in [0.4, 0.5) is 5.69 Å². The van der Waals surface area contributed by atoms with E-state index in [1.807, 2.05) is 0 Å². The molecular weight excluding hydrogens is 216 g/mol. The molecule has 0 aliphatic heterocycles. The van der Waals surface area contributed by atoms with E-state index in [9.17, 15) is 4.79 Å². The molecule has 1 saturated carbocycles. The fourth-order valence-corrected chi connectivity index (χ4v) is 1.91. The van der Waals surface area contributed by atoms with Crippen LogP contribution in [0.5, 0.6) is 5.75 Å². The number of rotatable bonds is 3. The van der Waals surface area contributed by atoms with Crippen LogP contribution >= 0.6 is 0 Å². The highest BCUT2D eigenvalue weighted by atomic mass is 16.5. The summed E-state index contributed by atoms with van der Waals surface area (Å²) in [6, 6.07) is 5.45. The molecule has 0 bridgehead atoms. The minimum atomic E-state index is -0.121. The van der Waals surface area contributed by atoms with Gasteiger partial charge < -0.3 is 15.8 Å². The number of hydrogen-bond donors (Lipinski definition) is 2. The van der Waals surface area contributed by atoms with Gasteiger partial charge in [-0.05, 0) is 24.0 Å². The maximum atomic E-state index is 12.1. The van der Waals surface area contributed by atoms with Gasteiger partial charge in [0, 0.05) is 6.04 Å². The monoisotopic (exact) mass is 234 g/mol. The minimum absolute atomic E-state index is 0.121. The molecule has 17 heavy (non-hydrogen) atoms. The molecule has 1 fully saturated rings. The van der Waals surface area contributed by atoms with E-state index in [0.29, 0.717) is 17.0 Å². The summed E-state index contributed by atoms with van der Waals surface area (Å²) < 4.78 is 5.17. The quantitative estimate of drug-likeness (QED) is 0.784. The van der Waals surface area contributed by atoms with Gasteiger partial charge in [-0.2, -0.15) is 0 Å². The Morgan fingerprint density at radius 1 is 1.53 bits per heavy atom. The van der Waals surface area contributed by atoms with E-state index in [1.165, 1.54) is 7.11 Å². The maximum Gasteiger partial charge on any atom is 0.255 e. The van der Waals surface area contributed by atoms with Crippen LogP contribution in [0.3, 0.4) is 0 Å². The fraction of sp³-hybridized carbons (Fsp3) is 0.462. The highest BCUT2D eigenvalue weighted by molar-refractivity contribution is 5.99. The van der Waals surface area contributed by atoms with Crippen molar-refractivity contribution in [1.82, 2.24) is 5.32 Å². The lowest BCUT2D eigenvalue weighted by Crippen LogP contribution is -2.28. The molecular formula is C13H18N2O2. The first-order valence-electron chi connectivity index (χ1n) is 5.69. The van der Waals surface area contributed by atoms with Gasteiger partial charge in [-0.1, -0.05) is 19.9 Å². The molecule has 1 aromatic carbocycles. The van der Waals surface area contributed by atoms with Crippen LogP contribution in [0.25, 0.3) is 0 Å². The van der Waals surface area contributed by atoms with Crippen LogP contribution in [-0.4, -0.2) is 19.1 Å². The first kappa shape index (κ1) is 11.8. The number of hydrogen-bond acceptors (Lipinski definition) is 3. The Morgan fingerprint density at radius 2 is 2.18 bits per heavy atom. The molecule has 1 amide bonds. The van der Waals surface area contributed by atoms with Crippen LogP contribution in [0.15, 0.2) is 18.2 Å². The van der Waals surface area contributed by atoms with Gasteiger partial charge in [-0.25, -0.2) is 0 Å². The van der Waals surface area contributed by atoms with Crippen molar-refractivity contribution in [2.75, 3.05) is 12.8 Å². The van der Waals surface area contributed by atoms with E-state index in [2.05, 4.69) is 19.2 Å². The van der Waals surface area contributed by atoms with Gasteiger partial charge in [0.25, 0.3) is 5.91 Å². The van der Waals surface area contributed by atoms with Crippen molar-refractivity contribution in [2.45, 2.75) is 26.3 Å². The summed E-state index contributed by atoms with van der Waals surface area (Å²) in [5.41, 5.74) is 6.95. The molecule has 1 aliphatic rings. The van der Waals surface area contributed by atoms with Gasteiger partial charge in [0.05, 0.1) is 18.4 Å². The van der Waals surface area contributed by atoms with Gasteiger partial charge in [0.2, 0.25) is 0 Å². The highest BCUT2D eigenvalue weighted by Gasteiger charge is 2.46. The molecule has 1 aliphatic carbocycles. The second-order valence-corrected chi connectivity index (χ2v) is 5.15. The van der Waals surface area contributed by atoms with Gasteiger partial charge in [0.15, 0.2) is 5.75 Å². The molecule has 0 heterocycles. The van der Waals surface area contributed by atoms with Crippen molar-refractivity contribution >= 4 is 11.6 Å². The lowest BCUT2D eigenvalue weighted by atomic mass is 10.1. The van der Waals surface area contributed by atoms with Crippen molar-refractivity contribution in [3.8, 4) is 5.75 Å². The Balaban J connectivity index is 2.17. The van der Waals surface area contributed by atoms with Gasteiger partial charge in [0.1, 0.15) is 0 Å². The summed E-state index contributed by atoms with van der Waals surface area (Å²) in [6.45, 7) is 4.27. The Morgan fingerprint density at radius 3 is 2.71 bits per heavy atom. The molecule has 0 aromatic heterocycles. The number of anilines is 1. The molecule has 2 rings (SSSR count). The second kappa shape index (κ2) is 3.95. The maximum absolute atomic E-state index is 12.1. The number of carbonyl (C=O) groups is 1. The van der Waals surface area contributed by atoms with E-state index in [1.54, 1.807) is 18.2 Å². The minimum Gasteiger partial charge on any atom is -0.494 e. The van der Waals surface area contributed by atoms with Crippen LogP contribution in [0.1, 0.15) is 30.6 Å². The number of amides is 1. The average Bonchev–Trinajstić information content (AvgIpc) is 2.85. The molecule has 4 heteroatoms. The van der Waals surface area contributed by atoms with E-state index >= 15 is 0 Å². The normalized spacial score (nSPS) is 20.8. The SMILES string of the molecule is COc1c(N)cccc1C(=O)NC1CC1(C)C. The van der Waals surface area contributed by atoms with Gasteiger partial charge in [-0.15, -0.1) is 0 Å². The first-order chi connectivity index (χ1) is 7.95. The topological polar surface area (TPSA) is 64.3 Å². The lowest BCUT2D eigenvalue weighted by molar-refractivity contribution is 0.0943. The van der Waals surface area contributed by atoms with Crippen molar-refractivity contribution < 1.29 is 9.53 Å². The average molecular weight is 234 g/mol. The smallest absolute Gasteiger partial charge is 0.255 e. The zero-order valence-electron chi connectivity index (χ0n) is 10.4. The summed E-state index contributed by atoms with van der Waals surface area (Å²) in [5.74, 6) is 0.327. The number of para-hydroxylation sites is 1. The van der Waals surface area contributed by atoms with E-state index in [4.69, 9.17) is 10.5 Å². The van der Waals surface area contributed by atoms with Crippen molar-refractivity contribution in [1.29, 1.82) is 0 Å². The zero-order valence-corrected chi connectivity index (χ0v) is 10.4. The first-order valence-corrected chi connectivity index (χ1v) is 5.69. The third-order valence-corrected chi connectivity index (χ3v) is 3.31. The van der Waals surface area contributed by atoms with E-state index < -0.39 is 0 Å². The van der Waals surface area contributed by atoms with Crippen molar-refractivity contribution in [3.05, 3.63) is 23.8 Å². The summed E-state index contributed by atoms with van der Waals surface area (Å²) in [5, 5.41) is 2.99. The third kappa shape index (κ3) is 2.20. The molecule has 1 unspecified atom stereocenters. The largest absolute Gasteiger partial charge is 0.494 e. The van der Waals surface area contributed by atoms with Crippen LogP contribution < -0.4 is 15.8 Å². The molecule has 1 atom stereocenters. The molecule has 0 saturated heterocycles. The number of carbonyl (C=O) groups excluding carboxylic acids is 1. The number of nitrogen functional groups attached to an aromatic ring is 1. The number of benzene rings is 1. The van der Waals surface area contributed by atoms with Crippen molar-refractivity contribution in [2.24, 2.45) is 5.41 Å². The predicted octanol–water partition coefficient (Wildman–Crippen LogP) is 1.81. The lowest BCUT2D eigenvalue weighted by Gasteiger charge is -2.11. The Labute approximate surface area is 101 Å². The zero-order chi connectivity index (χ0) is 12.6. The van der Waals surface area contributed by atoms with E-state index in [-0.39, 0.29) is 17.4 Å². The molecule has 0 spiro atoms. The van der Waals surface area contributed by atoms with Crippen LogP contribution in [-0.2, 0) is 0 Å². The van der Waals surface area contributed by atoms with Gasteiger partial charge in [-0.3, -0.25) is 4.79 Å². The number of ether oxygens (including phenoxy) is 1. The van der Waals surface area contributed by atoms with Crippen molar-refractivity contribution in [3.63, 3.8) is 0 Å². The van der Waals surface area contributed by atoms with Gasteiger partial charge >= 0.3 is 0 Å². The summed E-state index contributed by atoms with van der Waals surface area (Å²) in [4.78, 5) is 12.1.